The number of alkyl halides is 1. The normalized spacial score (nSPS) is 14.5. The first-order valence-corrected chi connectivity index (χ1v) is 9.57. The highest BCUT2D eigenvalue weighted by Gasteiger charge is 2.33. The fourth-order valence-corrected chi connectivity index (χ4v) is 3.00. The van der Waals surface area contributed by atoms with Crippen LogP contribution >= 0.6 is 11.6 Å². The lowest BCUT2D eigenvalue weighted by molar-refractivity contribution is -0.124. The molecule has 0 fully saturated rings. The molecule has 0 aliphatic carbocycles. The second kappa shape index (κ2) is 6.96. The van der Waals surface area contributed by atoms with Crippen LogP contribution in [0, 0.1) is 0 Å². The summed E-state index contributed by atoms with van der Waals surface area (Å²) in [4.78, 5) is 37.2. The van der Waals surface area contributed by atoms with Gasteiger partial charge in [-0.15, -0.1) is 11.6 Å². The number of hydrogen-bond donors (Lipinski definition) is 3. The van der Waals surface area contributed by atoms with Gasteiger partial charge in [-0.25, -0.2) is 13.1 Å². The molecule has 13 heteroatoms. The Morgan fingerprint density at radius 2 is 1.92 bits per heavy atom. The molecule has 2 heterocycles. The van der Waals surface area contributed by atoms with E-state index in [4.69, 9.17) is 11.6 Å². The van der Waals surface area contributed by atoms with Gasteiger partial charge in [-0.05, 0) is 0 Å². The average Bonchev–Trinajstić information content (AvgIpc) is 2.95. The molecular formula is C13H17ClN6O5S. The minimum atomic E-state index is -3.77. The molecule has 0 saturated carbocycles. The van der Waals surface area contributed by atoms with Crippen LogP contribution in [0.3, 0.4) is 0 Å². The zero-order valence-corrected chi connectivity index (χ0v) is 15.9. The van der Waals surface area contributed by atoms with Crippen molar-refractivity contribution in [1.82, 2.24) is 20.0 Å². The van der Waals surface area contributed by atoms with Crippen LogP contribution in [0.1, 0.15) is 10.5 Å². The maximum Gasteiger partial charge on any atom is 0.276 e. The van der Waals surface area contributed by atoms with Gasteiger partial charge < -0.3 is 10.2 Å². The number of carbonyl (C=O) groups is 3. The van der Waals surface area contributed by atoms with Gasteiger partial charge in [0.1, 0.15) is 11.4 Å². The first-order chi connectivity index (χ1) is 12.0. The molecule has 0 saturated heterocycles. The van der Waals surface area contributed by atoms with Crippen LogP contribution in [0.5, 0.6) is 0 Å². The Bertz CT molecular complexity index is 933. The number of hydrogen-bond acceptors (Lipinski definition) is 7. The van der Waals surface area contributed by atoms with E-state index in [1.54, 1.807) is 0 Å². The van der Waals surface area contributed by atoms with Crippen LogP contribution in [0.25, 0.3) is 0 Å². The Balaban J connectivity index is 2.61. The van der Waals surface area contributed by atoms with Crippen molar-refractivity contribution in [2.24, 2.45) is 7.05 Å². The summed E-state index contributed by atoms with van der Waals surface area (Å²) in [6.07, 6.45) is 0.906. The zero-order valence-electron chi connectivity index (χ0n) is 14.4. The summed E-state index contributed by atoms with van der Waals surface area (Å²) >= 11 is 5.71. The van der Waals surface area contributed by atoms with Crippen LogP contribution < -0.4 is 15.4 Å². The molecular weight excluding hydrogens is 388 g/mol. The van der Waals surface area contributed by atoms with Crippen LogP contribution in [0.2, 0.25) is 0 Å². The number of rotatable bonds is 6. The summed E-state index contributed by atoms with van der Waals surface area (Å²) < 4.78 is 26.8. The van der Waals surface area contributed by atoms with Gasteiger partial charge in [0.05, 0.1) is 17.7 Å². The second-order valence-electron chi connectivity index (χ2n) is 5.67. The lowest BCUT2D eigenvalue weighted by Crippen LogP contribution is -2.25. The molecule has 0 bridgehead atoms. The zero-order chi connectivity index (χ0) is 19.8. The fraction of sp³-hybridized carbons (Fsp3) is 0.385. The Hall–Kier alpha value is -2.60. The van der Waals surface area contributed by atoms with Gasteiger partial charge in [-0.2, -0.15) is 5.10 Å². The van der Waals surface area contributed by atoms with Crippen molar-refractivity contribution >= 4 is 50.9 Å². The predicted octanol–water partition coefficient (Wildman–Crippen LogP) is -0.945. The third-order valence-corrected chi connectivity index (χ3v) is 4.19. The number of halogens is 1. The Labute approximate surface area is 154 Å². The molecule has 2 rings (SSSR count). The fourth-order valence-electron chi connectivity index (χ4n) is 2.18. The maximum absolute atomic E-state index is 12.3. The first kappa shape index (κ1) is 19.7. The third-order valence-electron chi connectivity index (χ3n) is 3.35. The molecule has 1 aromatic heterocycles. The van der Waals surface area contributed by atoms with Crippen molar-refractivity contribution in [3.05, 3.63) is 17.0 Å². The van der Waals surface area contributed by atoms with Gasteiger partial charge in [0.15, 0.2) is 11.5 Å². The Morgan fingerprint density at radius 3 is 2.42 bits per heavy atom. The number of nitrogens with zero attached hydrogens (tertiary/aromatic N) is 3. The lowest BCUT2D eigenvalue weighted by atomic mass is 10.2. The maximum atomic E-state index is 12.3. The highest BCUT2D eigenvalue weighted by atomic mass is 35.5. The van der Waals surface area contributed by atoms with Crippen molar-refractivity contribution in [2.45, 2.75) is 0 Å². The van der Waals surface area contributed by atoms with E-state index in [9.17, 15) is 22.8 Å². The molecule has 0 aromatic carbocycles. The van der Waals surface area contributed by atoms with Gasteiger partial charge in [0.25, 0.3) is 17.7 Å². The molecule has 26 heavy (non-hydrogen) atoms. The molecule has 0 unspecified atom stereocenters. The van der Waals surface area contributed by atoms with E-state index in [0.717, 1.165) is 6.26 Å². The second-order valence-corrected chi connectivity index (χ2v) is 7.68. The topological polar surface area (TPSA) is 142 Å². The predicted molar refractivity (Wildman–Crippen MR) is 94.2 cm³/mol. The number of amides is 3. The van der Waals surface area contributed by atoms with Crippen molar-refractivity contribution in [3.63, 3.8) is 0 Å². The summed E-state index contributed by atoms with van der Waals surface area (Å²) in [5.41, 5.74) is -0.484. The largest absolute Gasteiger partial charge is 0.343 e. The minimum absolute atomic E-state index is 0.00286. The summed E-state index contributed by atoms with van der Waals surface area (Å²) in [5, 5.41) is 8.76. The standard InChI is InChI=1S/C13H17ClN6O5S/c1-19(2)13(23)9-8(18-26(4,24)25)10(20(3)17-9)15-7-6(5-14)11(21)16-12(7)22/h18H,5H2,1-4H3,(H2,15,16,21,22). The highest BCUT2D eigenvalue weighted by Crippen LogP contribution is 2.30. The monoisotopic (exact) mass is 404 g/mol. The molecule has 1 aromatic rings. The molecule has 1 aliphatic heterocycles. The van der Waals surface area contributed by atoms with Gasteiger partial charge >= 0.3 is 0 Å². The molecule has 1 aliphatic rings. The summed E-state index contributed by atoms with van der Waals surface area (Å²) in [6, 6.07) is 0. The van der Waals surface area contributed by atoms with Gasteiger partial charge in [-0.3, -0.25) is 24.4 Å². The summed E-state index contributed by atoms with van der Waals surface area (Å²) in [6.45, 7) is 0. The number of aryl methyl sites for hydroxylation is 1. The Kier molecular flexibility index (Phi) is 5.28. The quantitative estimate of drug-likeness (QED) is 0.410. The van der Waals surface area contributed by atoms with E-state index in [-0.39, 0.29) is 34.3 Å². The molecule has 3 amide bonds. The number of sulfonamides is 1. The highest BCUT2D eigenvalue weighted by molar-refractivity contribution is 7.92. The SMILES string of the molecule is CN(C)C(=O)c1nn(C)c(NC2=C(CCl)C(=O)NC2=O)c1NS(C)(=O)=O. The average molecular weight is 405 g/mol. The summed E-state index contributed by atoms with van der Waals surface area (Å²) in [5.74, 6) is -2.17. The number of nitrogens with one attached hydrogen (secondary N) is 3. The lowest BCUT2D eigenvalue weighted by Gasteiger charge is -2.12. The summed E-state index contributed by atoms with van der Waals surface area (Å²) in [7, 11) is 0.629. The van der Waals surface area contributed by atoms with Crippen LogP contribution in [0.15, 0.2) is 11.3 Å². The number of imide groups is 1. The van der Waals surface area contributed by atoms with E-state index in [0.29, 0.717) is 0 Å². The molecule has 0 radical (unpaired) electrons. The van der Waals surface area contributed by atoms with E-state index in [2.05, 4.69) is 20.5 Å². The van der Waals surface area contributed by atoms with Crippen molar-refractivity contribution < 1.29 is 22.8 Å². The van der Waals surface area contributed by atoms with Crippen LogP contribution in [-0.2, 0) is 26.7 Å². The smallest absolute Gasteiger partial charge is 0.276 e. The molecule has 0 atom stereocenters. The van der Waals surface area contributed by atoms with Crippen LogP contribution in [0.4, 0.5) is 11.5 Å². The number of anilines is 2. The minimum Gasteiger partial charge on any atom is -0.343 e. The van der Waals surface area contributed by atoms with Crippen molar-refractivity contribution in [1.29, 1.82) is 0 Å². The first-order valence-electron chi connectivity index (χ1n) is 7.14. The van der Waals surface area contributed by atoms with Crippen LogP contribution in [-0.4, -0.2) is 67.1 Å². The molecule has 142 valence electrons. The van der Waals surface area contributed by atoms with Crippen molar-refractivity contribution in [3.8, 4) is 0 Å². The third kappa shape index (κ3) is 3.80. The van der Waals surface area contributed by atoms with E-state index >= 15 is 0 Å². The van der Waals surface area contributed by atoms with E-state index in [1.165, 1.54) is 30.7 Å². The number of carbonyl (C=O) groups excluding carboxylic acids is 3. The Morgan fingerprint density at radius 1 is 1.31 bits per heavy atom. The van der Waals surface area contributed by atoms with E-state index < -0.39 is 27.7 Å². The molecule has 0 spiro atoms. The number of aromatic nitrogens is 2. The van der Waals surface area contributed by atoms with Gasteiger partial charge in [0.2, 0.25) is 10.0 Å². The van der Waals surface area contributed by atoms with Gasteiger partial charge in [-0.1, -0.05) is 0 Å². The molecule has 3 N–H and O–H groups in total. The molecule has 11 nitrogen and oxygen atoms in total. The van der Waals surface area contributed by atoms with Crippen molar-refractivity contribution in [2.75, 3.05) is 36.3 Å². The van der Waals surface area contributed by atoms with Gasteiger partial charge in [0, 0.05) is 21.1 Å². The van der Waals surface area contributed by atoms with E-state index in [1.807, 2.05) is 0 Å².